The van der Waals surface area contributed by atoms with Crippen molar-refractivity contribution in [3.63, 3.8) is 0 Å². The molecule has 5 nitrogen and oxygen atoms in total. The lowest BCUT2D eigenvalue weighted by molar-refractivity contribution is 0.828. The lowest BCUT2D eigenvalue weighted by atomic mass is 10.1. The first-order valence-corrected chi connectivity index (χ1v) is 6.90. The van der Waals surface area contributed by atoms with E-state index < -0.39 is 0 Å². The molecule has 0 fully saturated rings. The monoisotopic (exact) mass is 292 g/mol. The van der Waals surface area contributed by atoms with E-state index in [1.807, 2.05) is 20.0 Å². The van der Waals surface area contributed by atoms with Gasteiger partial charge in [-0.15, -0.1) is 0 Å². The Bertz CT molecular complexity index is 588. The minimum atomic E-state index is 0.00810. The molecule has 0 radical (unpaired) electrons. The van der Waals surface area contributed by atoms with Gasteiger partial charge < -0.3 is 0 Å². The SMILES string of the molecule is CC(C)c1c[nH]ncc1=O.CC(C)c1c[nH]ncc1=S. The molecule has 0 amide bonds. The molecule has 0 spiro atoms. The predicted molar refractivity (Wildman–Crippen MR) is 82.5 cm³/mol. The molecule has 0 saturated heterocycles. The molecule has 0 atom stereocenters. The van der Waals surface area contributed by atoms with Gasteiger partial charge in [-0.3, -0.25) is 15.0 Å². The van der Waals surface area contributed by atoms with Crippen LogP contribution in [0.4, 0.5) is 0 Å². The van der Waals surface area contributed by atoms with Gasteiger partial charge in [-0.1, -0.05) is 39.9 Å². The molecule has 0 saturated carbocycles. The van der Waals surface area contributed by atoms with Crippen molar-refractivity contribution < 1.29 is 0 Å². The summed E-state index contributed by atoms with van der Waals surface area (Å²) in [7, 11) is 0. The normalized spacial score (nSPS) is 10.3. The Labute approximate surface area is 123 Å². The van der Waals surface area contributed by atoms with Crippen LogP contribution in [0.2, 0.25) is 0 Å². The first-order chi connectivity index (χ1) is 9.43. The number of hydrogen-bond donors (Lipinski definition) is 2. The van der Waals surface area contributed by atoms with Crippen LogP contribution in [0.1, 0.15) is 50.7 Å². The van der Waals surface area contributed by atoms with E-state index in [2.05, 4.69) is 34.2 Å². The average Bonchev–Trinajstić information content (AvgIpc) is 2.40. The van der Waals surface area contributed by atoms with E-state index in [1.54, 1.807) is 12.4 Å². The van der Waals surface area contributed by atoms with E-state index >= 15 is 0 Å². The summed E-state index contributed by atoms with van der Waals surface area (Å²) in [5.41, 5.74) is 1.95. The van der Waals surface area contributed by atoms with Crippen molar-refractivity contribution >= 4 is 12.2 Å². The second-order valence-corrected chi connectivity index (χ2v) is 5.45. The summed E-state index contributed by atoms with van der Waals surface area (Å²) in [4.78, 5) is 11.0. The molecule has 2 rings (SSSR count). The Morgan fingerprint density at radius 3 is 1.80 bits per heavy atom. The van der Waals surface area contributed by atoms with Crippen LogP contribution in [-0.2, 0) is 0 Å². The maximum atomic E-state index is 11.0. The molecule has 0 aliphatic heterocycles. The second-order valence-electron chi connectivity index (χ2n) is 5.01. The van der Waals surface area contributed by atoms with Crippen LogP contribution >= 0.6 is 12.2 Å². The maximum absolute atomic E-state index is 11.0. The van der Waals surface area contributed by atoms with Crippen molar-refractivity contribution in [2.24, 2.45) is 0 Å². The Morgan fingerprint density at radius 2 is 1.45 bits per heavy atom. The van der Waals surface area contributed by atoms with E-state index in [4.69, 9.17) is 12.2 Å². The number of nitrogens with zero attached hydrogens (tertiary/aromatic N) is 2. The summed E-state index contributed by atoms with van der Waals surface area (Å²) >= 11 is 5.05. The van der Waals surface area contributed by atoms with E-state index in [0.717, 1.165) is 15.6 Å². The summed E-state index contributed by atoms with van der Waals surface area (Å²) in [5.74, 6) is 0.749. The Hall–Kier alpha value is -1.82. The topological polar surface area (TPSA) is 74.4 Å². The van der Waals surface area contributed by atoms with Gasteiger partial charge in [0.25, 0.3) is 0 Å². The standard InChI is InChI=1S/C7H10N2O.C7H10N2S/c2*1-5(2)6-3-8-9-4-7(6)10/h2*3-5H,1-2H3,(H,8,10). The summed E-state index contributed by atoms with van der Waals surface area (Å²) in [5, 5.41) is 12.8. The highest BCUT2D eigenvalue weighted by Crippen LogP contribution is 2.12. The highest BCUT2D eigenvalue weighted by atomic mass is 32.1. The van der Waals surface area contributed by atoms with Gasteiger partial charge >= 0.3 is 0 Å². The number of rotatable bonds is 2. The molecular weight excluding hydrogens is 272 g/mol. The van der Waals surface area contributed by atoms with Crippen molar-refractivity contribution in [1.29, 1.82) is 0 Å². The smallest absolute Gasteiger partial charge is 0.203 e. The molecule has 2 heterocycles. The van der Waals surface area contributed by atoms with Gasteiger partial charge in [0.1, 0.15) is 0 Å². The van der Waals surface area contributed by atoms with Gasteiger partial charge in [0.05, 0.1) is 16.9 Å². The van der Waals surface area contributed by atoms with Gasteiger partial charge in [0.2, 0.25) is 5.43 Å². The van der Waals surface area contributed by atoms with E-state index in [0.29, 0.717) is 5.92 Å². The van der Waals surface area contributed by atoms with Crippen molar-refractivity contribution in [2.75, 3.05) is 0 Å². The minimum absolute atomic E-state index is 0.00810. The van der Waals surface area contributed by atoms with Crippen LogP contribution in [0.3, 0.4) is 0 Å². The second kappa shape index (κ2) is 7.69. The Balaban J connectivity index is 0.000000200. The van der Waals surface area contributed by atoms with Gasteiger partial charge in [-0.05, 0) is 17.4 Å². The van der Waals surface area contributed by atoms with Gasteiger partial charge in [-0.2, -0.15) is 10.2 Å². The zero-order chi connectivity index (χ0) is 15.1. The van der Waals surface area contributed by atoms with Crippen molar-refractivity contribution in [2.45, 2.75) is 39.5 Å². The summed E-state index contributed by atoms with van der Waals surface area (Å²) in [6.45, 7) is 8.17. The molecule has 0 unspecified atom stereocenters. The van der Waals surface area contributed by atoms with Gasteiger partial charge in [-0.25, -0.2) is 0 Å². The van der Waals surface area contributed by atoms with Crippen molar-refractivity contribution in [1.82, 2.24) is 20.4 Å². The summed E-state index contributed by atoms with van der Waals surface area (Å²) in [6, 6.07) is 0. The Morgan fingerprint density at radius 1 is 0.950 bits per heavy atom. The molecule has 108 valence electrons. The molecule has 0 aliphatic carbocycles. The number of hydrogen-bond acceptors (Lipinski definition) is 4. The average molecular weight is 292 g/mol. The van der Waals surface area contributed by atoms with E-state index in [-0.39, 0.29) is 11.3 Å². The minimum Gasteiger partial charge on any atom is -0.288 e. The third-order valence-corrected chi connectivity index (χ3v) is 3.11. The molecule has 0 bridgehead atoms. The quantitative estimate of drug-likeness (QED) is 0.834. The molecule has 2 aromatic heterocycles. The van der Waals surface area contributed by atoms with E-state index in [1.165, 1.54) is 6.20 Å². The van der Waals surface area contributed by atoms with Crippen LogP contribution < -0.4 is 5.43 Å². The van der Waals surface area contributed by atoms with Crippen LogP contribution in [0, 0.1) is 4.51 Å². The molecule has 20 heavy (non-hydrogen) atoms. The fourth-order valence-corrected chi connectivity index (χ4v) is 1.95. The van der Waals surface area contributed by atoms with Crippen molar-refractivity contribution in [3.8, 4) is 0 Å². The molecule has 0 aliphatic rings. The third-order valence-electron chi connectivity index (χ3n) is 2.77. The summed E-state index contributed by atoms with van der Waals surface area (Å²) < 4.78 is 0.841. The fraction of sp³-hybridized carbons (Fsp3) is 0.429. The van der Waals surface area contributed by atoms with Crippen molar-refractivity contribution in [3.05, 3.63) is 50.6 Å². The number of aromatic nitrogens is 4. The lowest BCUT2D eigenvalue weighted by Crippen LogP contribution is -2.10. The zero-order valence-corrected chi connectivity index (χ0v) is 13.0. The molecule has 0 aromatic carbocycles. The molecular formula is C14H20N4OS. The maximum Gasteiger partial charge on any atom is 0.203 e. The largest absolute Gasteiger partial charge is 0.288 e. The van der Waals surface area contributed by atoms with Gasteiger partial charge in [0, 0.05) is 18.0 Å². The highest BCUT2D eigenvalue weighted by molar-refractivity contribution is 7.71. The number of H-pyrrole nitrogens is 2. The van der Waals surface area contributed by atoms with Crippen LogP contribution in [-0.4, -0.2) is 20.4 Å². The first-order valence-electron chi connectivity index (χ1n) is 6.49. The summed E-state index contributed by atoms with van der Waals surface area (Å²) in [6.07, 6.45) is 6.47. The lowest BCUT2D eigenvalue weighted by Gasteiger charge is -2.02. The highest BCUT2D eigenvalue weighted by Gasteiger charge is 2.01. The third kappa shape index (κ3) is 4.70. The van der Waals surface area contributed by atoms with Gasteiger partial charge in [0.15, 0.2) is 0 Å². The van der Waals surface area contributed by atoms with E-state index in [9.17, 15) is 4.79 Å². The molecule has 2 N–H and O–H groups in total. The molecule has 6 heteroatoms. The predicted octanol–water partition coefficient (Wildman–Crippen LogP) is 3.16. The van der Waals surface area contributed by atoms with Crippen LogP contribution in [0.5, 0.6) is 0 Å². The molecule has 2 aromatic rings. The zero-order valence-electron chi connectivity index (χ0n) is 12.2. The Kier molecular flexibility index (Phi) is 6.24. The van der Waals surface area contributed by atoms with Crippen LogP contribution in [0.25, 0.3) is 0 Å². The fourth-order valence-electron chi connectivity index (χ4n) is 1.60. The number of aromatic amines is 2. The van der Waals surface area contributed by atoms with Crippen LogP contribution in [0.15, 0.2) is 29.6 Å². The first kappa shape index (κ1) is 16.2. The number of nitrogens with one attached hydrogen (secondary N) is 2.